The number of halogens is 3. The number of hydrogen-bond acceptors (Lipinski definition) is 6. The van der Waals surface area contributed by atoms with Gasteiger partial charge in [0.15, 0.2) is 0 Å². The second-order valence-corrected chi connectivity index (χ2v) is 8.60. The van der Waals surface area contributed by atoms with Gasteiger partial charge in [-0.3, -0.25) is 0 Å². The highest BCUT2D eigenvalue weighted by molar-refractivity contribution is 6.02. The van der Waals surface area contributed by atoms with Crippen molar-refractivity contribution in [3.63, 3.8) is 0 Å². The summed E-state index contributed by atoms with van der Waals surface area (Å²) >= 11 is 0. The van der Waals surface area contributed by atoms with Crippen molar-refractivity contribution in [1.29, 1.82) is 5.26 Å². The third-order valence-corrected chi connectivity index (χ3v) is 6.09. The minimum atomic E-state index is -5.21. The van der Waals surface area contributed by atoms with Gasteiger partial charge in [0.1, 0.15) is 0 Å². The molecule has 192 valence electrons. The highest BCUT2D eigenvalue weighted by Crippen LogP contribution is 2.39. The first-order valence-electron chi connectivity index (χ1n) is 11.8. The van der Waals surface area contributed by atoms with E-state index < -0.39 is 18.0 Å². The first-order chi connectivity index (χ1) is 18.8. The largest absolute Gasteiger partial charge is 0.491 e. The van der Waals surface area contributed by atoms with Crippen LogP contribution in [0.1, 0.15) is 11.1 Å². The SMILES string of the molecule is N#Cc1cccc(-c2cnc(OC(=O)C(F)(F)F)c3cc(-c4ccccc4)c(-c4ccc(CN)cc4)nc23)c1. The molecule has 0 bridgehead atoms. The second kappa shape index (κ2) is 10.4. The fraction of sp³-hybridized carbons (Fsp3) is 0.0667. The normalized spacial score (nSPS) is 11.3. The number of aromatic nitrogens is 2. The van der Waals surface area contributed by atoms with E-state index >= 15 is 0 Å². The number of nitrogens with two attached hydrogens (primary N) is 1. The molecule has 0 aliphatic heterocycles. The first-order valence-corrected chi connectivity index (χ1v) is 11.8. The van der Waals surface area contributed by atoms with Gasteiger partial charge < -0.3 is 10.5 Å². The highest BCUT2D eigenvalue weighted by atomic mass is 19.4. The summed E-state index contributed by atoms with van der Waals surface area (Å²) in [5.41, 5.74) is 11.0. The van der Waals surface area contributed by atoms with Crippen LogP contribution in [-0.4, -0.2) is 22.1 Å². The van der Waals surface area contributed by atoms with E-state index in [-0.39, 0.29) is 10.9 Å². The molecule has 0 aliphatic rings. The molecule has 0 saturated heterocycles. The molecular formula is C30H19F3N4O2. The number of alkyl halides is 3. The number of pyridine rings is 2. The van der Waals surface area contributed by atoms with Crippen molar-refractivity contribution in [3.05, 3.63) is 102 Å². The van der Waals surface area contributed by atoms with Gasteiger partial charge in [-0.05, 0) is 34.9 Å². The molecule has 0 atom stereocenters. The van der Waals surface area contributed by atoms with E-state index in [0.717, 1.165) is 16.7 Å². The predicted molar refractivity (Wildman–Crippen MR) is 140 cm³/mol. The maximum Gasteiger partial charge on any atom is 0.491 e. The summed E-state index contributed by atoms with van der Waals surface area (Å²) in [5, 5.41) is 9.49. The van der Waals surface area contributed by atoms with E-state index in [2.05, 4.69) is 11.1 Å². The zero-order chi connectivity index (χ0) is 27.6. The topological polar surface area (TPSA) is 102 Å². The van der Waals surface area contributed by atoms with Crippen LogP contribution < -0.4 is 10.5 Å². The van der Waals surface area contributed by atoms with Gasteiger partial charge in [0.05, 0.1) is 28.2 Å². The molecule has 0 fully saturated rings. The molecule has 6 nitrogen and oxygen atoms in total. The van der Waals surface area contributed by atoms with E-state index in [1.165, 1.54) is 6.20 Å². The lowest BCUT2D eigenvalue weighted by Gasteiger charge is -2.16. The number of esters is 1. The maximum atomic E-state index is 13.1. The number of rotatable bonds is 5. The van der Waals surface area contributed by atoms with E-state index in [1.807, 2.05) is 54.6 Å². The number of nitriles is 1. The number of fused-ring (bicyclic) bond motifs is 1. The summed E-state index contributed by atoms with van der Waals surface area (Å²) in [6.07, 6.45) is -3.93. The molecule has 0 amide bonds. The van der Waals surface area contributed by atoms with Gasteiger partial charge in [-0.2, -0.15) is 18.4 Å². The van der Waals surface area contributed by atoms with Crippen LogP contribution in [0, 0.1) is 11.3 Å². The molecule has 3 aromatic carbocycles. The van der Waals surface area contributed by atoms with Crippen molar-refractivity contribution in [2.45, 2.75) is 12.7 Å². The Balaban J connectivity index is 1.84. The van der Waals surface area contributed by atoms with Gasteiger partial charge >= 0.3 is 12.1 Å². The third-order valence-electron chi connectivity index (χ3n) is 6.09. The van der Waals surface area contributed by atoms with Crippen LogP contribution in [0.3, 0.4) is 0 Å². The highest BCUT2D eigenvalue weighted by Gasteiger charge is 2.42. The summed E-state index contributed by atoms with van der Waals surface area (Å²) in [6, 6.07) is 27.0. The molecule has 2 N–H and O–H groups in total. The monoisotopic (exact) mass is 524 g/mol. The van der Waals surface area contributed by atoms with E-state index in [4.69, 9.17) is 15.5 Å². The summed E-state index contributed by atoms with van der Waals surface area (Å²) in [6.45, 7) is 0.357. The first kappa shape index (κ1) is 25.6. The summed E-state index contributed by atoms with van der Waals surface area (Å²) < 4.78 is 44.0. The average Bonchev–Trinajstić information content (AvgIpc) is 2.96. The van der Waals surface area contributed by atoms with Gasteiger partial charge in [0, 0.05) is 29.4 Å². The Hall–Kier alpha value is -5.07. The predicted octanol–water partition coefficient (Wildman–Crippen LogP) is 6.43. The molecule has 2 heterocycles. The molecule has 0 aliphatic carbocycles. The molecule has 5 rings (SSSR count). The average molecular weight is 525 g/mol. The smallest absolute Gasteiger partial charge is 0.400 e. The molecule has 5 aromatic rings. The van der Waals surface area contributed by atoms with Crippen molar-refractivity contribution in [1.82, 2.24) is 9.97 Å². The van der Waals surface area contributed by atoms with Gasteiger partial charge in [0.2, 0.25) is 5.88 Å². The Morgan fingerprint density at radius 1 is 0.897 bits per heavy atom. The Labute approximate surface area is 221 Å². The van der Waals surface area contributed by atoms with Crippen molar-refractivity contribution in [2.24, 2.45) is 5.73 Å². The minimum Gasteiger partial charge on any atom is -0.400 e. The van der Waals surface area contributed by atoms with Crippen LogP contribution >= 0.6 is 0 Å². The zero-order valence-electron chi connectivity index (χ0n) is 20.2. The fourth-order valence-corrected chi connectivity index (χ4v) is 4.19. The van der Waals surface area contributed by atoms with Gasteiger partial charge in [-0.1, -0.05) is 66.7 Å². The van der Waals surface area contributed by atoms with Crippen LogP contribution in [0.15, 0.2) is 91.1 Å². The molecule has 0 saturated carbocycles. The zero-order valence-corrected chi connectivity index (χ0v) is 20.2. The van der Waals surface area contributed by atoms with Crippen LogP contribution in [0.25, 0.3) is 44.4 Å². The quantitative estimate of drug-likeness (QED) is 0.266. The lowest BCUT2D eigenvalue weighted by Crippen LogP contribution is -2.28. The molecule has 0 spiro atoms. The van der Waals surface area contributed by atoms with Gasteiger partial charge in [0.25, 0.3) is 0 Å². The number of ether oxygens (including phenoxy) is 1. The molecule has 39 heavy (non-hydrogen) atoms. The number of nitrogens with zero attached hydrogens (tertiary/aromatic N) is 3. The number of carbonyl (C=O) groups is 1. The third kappa shape index (κ3) is 5.19. The van der Waals surface area contributed by atoms with E-state index in [9.17, 15) is 23.2 Å². The van der Waals surface area contributed by atoms with Crippen molar-refractivity contribution in [2.75, 3.05) is 0 Å². The minimum absolute atomic E-state index is 0.105. The van der Waals surface area contributed by atoms with Crippen LogP contribution in [0.2, 0.25) is 0 Å². The Morgan fingerprint density at radius 3 is 2.28 bits per heavy atom. The van der Waals surface area contributed by atoms with Crippen molar-refractivity contribution >= 4 is 16.9 Å². The molecule has 9 heteroatoms. The number of carbonyl (C=O) groups excluding carboxylic acids is 1. The van der Waals surface area contributed by atoms with Crippen LogP contribution in [0.5, 0.6) is 5.88 Å². The number of benzene rings is 3. The second-order valence-electron chi connectivity index (χ2n) is 8.60. The summed E-state index contributed by atoms with van der Waals surface area (Å²) in [7, 11) is 0. The van der Waals surface area contributed by atoms with Crippen LogP contribution in [0.4, 0.5) is 13.2 Å². The maximum absolute atomic E-state index is 13.1. The Kier molecular flexibility index (Phi) is 6.79. The molecule has 0 radical (unpaired) electrons. The van der Waals surface area contributed by atoms with Crippen LogP contribution in [-0.2, 0) is 11.3 Å². The van der Waals surface area contributed by atoms with Crippen molar-refractivity contribution in [3.8, 4) is 45.5 Å². The standard InChI is InChI=1S/C30H19F3N4O2/c31-30(32,33)29(38)39-28-24-14-23(20-6-2-1-3-7-20)26(21-11-9-18(15-34)10-12-21)37-27(24)25(17-36-28)22-8-4-5-19(13-22)16-35/h1-14,17H,15,34H2. The van der Waals surface area contributed by atoms with Gasteiger partial charge in [-0.15, -0.1) is 0 Å². The molecule has 2 aromatic heterocycles. The van der Waals surface area contributed by atoms with Crippen molar-refractivity contribution < 1.29 is 22.7 Å². The van der Waals surface area contributed by atoms with E-state index in [1.54, 1.807) is 30.3 Å². The molecule has 0 unspecified atom stereocenters. The molecular weight excluding hydrogens is 505 g/mol. The Bertz CT molecular complexity index is 1730. The fourth-order valence-electron chi connectivity index (χ4n) is 4.19. The summed E-state index contributed by atoms with van der Waals surface area (Å²) in [4.78, 5) is 20.8. The Morgan fingerprint density at radius 2 is 1.62 bits per heavy atom. The number of hydrogen-bond donors (Lipinski definition) is 1. The lowest BCUT2D eigenvalue weighted by atomic mass is 9.95. The lowest BCUT2D eigenvalue weighted by molar-refractivity contribution is -0.189. The summed E-state index contributed by atoms with van der Waals surface area (Å²) in [5.74, 6) is -2.92. The van der Waals surface area contributed by atoms with Gasteiger partial charge in [-0.25, -0.2) is 14.8 Å². The van der Waals surface area contributed by atoms with E-state index in [0.29, 0.717) is 34.5 Å².